The van der Waals surface area contributed by atoms with Gasteiger partial charge in [-0.05, 0) is 30.7 Å². The Morgan fingerprint density at radius 2 is 1.59 bits per heavy atom. The third kappa shape index (κ3) is 4.87. The van der Waals surface area contributed by atoms with Crippen LogP contribution in [0.1, 0.15) is 11.1 Å². The average Bonchev–Trinajstić information content (AvgIpc) is 2.73. The van der Waals surface area contributed by atoms with Gasteiger partial charge in [0.05, 0.1) is 9.82 Å². The van der Waals surface area contributed by atoms with E-state index in [1.807, 2.05) is 31.2 Å². The van der Waals surface area contributed by atoms with Crippen molar-refractivity contribution in [3.05, 3.63) is 75.8 Å². The van der Waals surface area contributed by atoms with Gasteiger partial charge >= 0.3 is 0 Å². The molecule has 1 amide bonds. The van der Waals surface area contributed by atoms with Gasteiger partial charge in [0.2, 0.25) is 15.9 Å². The zero-order valence-corrected chi connectivity index (χ0v) is 16.7. The monoisotopic (exact) mass is 415 g/mol. The molecule has 0 spiro atoms. The molecule has 0 atom stereocenters. The second-order valence-corrected chi connectivity index (χ2v) is 8.66. The lowest BCUT2D eigenvalue weighted by Crippen LogP contribution is -2.50. The van der Waals surface area contributed by atoms with Crippen LogP contribution >= 0.6 is 0 Å². The highest BCUT2D eigenvalue weighted by Gasteiger charge is 2.29. The van der Waals surface area contributed by atoms with Gasteiger partial charge in [0, 0.05) is 44.4 Å². The summed E-state index contributed by atoms with van der Waals surface area (Å²) in [5.74, 6) is -0.169. The lowest BCUT2D eigenvalue weighted by molar-refractivity contribution is -0.384. The average molecular weight is 415 g/mol. The minimum atomic E-state index is -3.76. The van der Waals surface area contributed by atoms with E-state index in [1.54, 1.807) is 11.0 Å². The second kappa shape index (κ2) is 8.54. The summed E-state index contributed by atoms with van der Waals surface area (Å²) in [5.41, 5.74) is 1.89. The first-order valence-electron chi connectivity index (χ1n) is 9.05. The van der Waals surface area contributed by atoms with E-state index in [9.17, 15) is 23.3 Å². The summed E-state index contributed by atoms with van der Waals surface area (Å²) < 4.78 is 26.7. The van der Waals surface area contributed by atoms with Gasteiger partial charge in [-0.25, -0.2) is 8.42 Å². The predicted octanol–water partition coefficient (Wildman–Crippen LogP) is 2.45. The molecule has 0 aliphatic carbocycles. The number of amides is 1. The number of nitro groups is 1. The van der Waals surface area contributed by atoms with Crippen LogP contribution in [-0.2, 0) is 14.8 Å². The van der Waals surface area contributed by atoms with E-state index in [2.05, 4.69) is 0 Å². The number of rotatable bonds is 5. The first kappa shape index (κ1) is 20.7. The Kier molecular flexibility index (Phi) is 6.09. The van der Waals surface area contributed by atoms with Crippen LogP contribution in [0.25, 0.3) is 6.08 Å². The molecule has 1 heterocycles. The van der Waals surface area contributed by atoms with Crippen LogP contribution in [0.15, 0.2) is 59.5 Å². The van der Waals surface area contributed by atoms with E-state index in [1.165, 1.54) is 34.6 Å². The topological polar surface area (TPSA) is 101 Å². The molecule has 2 aromatic carbocycles. The maximum Gasteiger partial charge on any atom is 0.269 e. The quantitative estimate of drug-likeness (QED) is 0.424. The van der Waals surface area contributed by atoms with Crippen molar-refractivity contribution in [2.75, 3.05) is 26.2 Å². The molecule has 9 heteroatoms. The standard InChI is InChI=1S/C20H21N3O5S/c1-16-2-4-17(5-3-16)6-11-20(24)21-12-14-22(15-13-21)29(27,28)19-9-7-18(8-10-19)23(25)26/h2-11H,12-15H2,1H3/b11-6+. The van der Waals surface area contributed by atoms with E-state index >= 15 is 0 Å². The maximum atomic E-state index is 12.7. The molecule has 1 saturated heterocycles. The molecule has 1 fully saturated rings. The number of carbonyl (C=O) groups excluding carboxylic acids is 1. The number of carbonyl (C=O) groups is 1. The highest BCUT2D eigenvalue weighted by Crippen LogP contribution is 2.21. The van der Waals surface area contributed by atoms with Gasteiger partial charge in [-0.15, -0.1) is 0 Å². The minimum Gasteiger partial charge on any atom is -0.337 e. The van der Waals surface area contributed by atoms with Crippen molar-refractivity contribution in [2.24, 2.45) is 0 Å². The Hall–Kier alpha value is -3.04. The summed E-state index contributed by atoms with van der Waals surface area (Å²) in [6, 6.07) is 12.6. The summed E-state index contributed by atoms with van der Waals surface area (Å²) in [7, 11) is -3.76. The molecule has 0 radical (unpaired) electrons. The molecule has 3 rings (SSSR count). The zero-order valence-electron chi connectivity index (χ0n) is 15.9. The van der Waals surface area contributed by atoms with Crippen molar-refractivity contribution in [2.45, 2.75) is 11.8 Å². The molecule has 152 valence electrons. The normalized spacial score (nSPS) is 15.6. The number of sulfonamides is 1. The molecule has 0 aromatic heterocycles. The SMILES string of the molecule is Cc1ccc(/C=C/C(=O)N2CCN(S(=O)(=O)c3ccc([N+](=O)[O-])cc3)CC2)cc1. The van der Waals surface area contributed by atoms with Gasteiger partial charge in [-0.2, -0.15) is 4.31 Å². The Bertz CT molecular complexity index is 1020. The minimum absolute atomic E-state index is 0.00198. The van der Waals surface area contributed by atoms with Crippen LogP contribution in [-0.4, -0.2) is 54.6 Å². The Morgan fingerprint density at radius 3 is 2.14 bits per heavy atom. The molecule has 0 N–H and O–H groups in total. The van der Waals surface area contributed by atoms with Crippen LogP contribution in [0.5, 0.6) is 0 Å². The fourth-order valence-corrected chi connectivity index (χ4v) is 4.41. The first-order chi connectivity index (χ1) is 13.8. The van der Waals surface area contributed by atoms with Gasteiger partial charge < -0.3 is 4.90 Å². The lowest BCUT2D eigenvalue weighted by atomic mass is 10.1. The van der Waals surface area contributed by atoms with Crippen molar-refractivity contribution in [3.63, 3.8) is 0 Å². The Balaban J connectivity index is 1.61. The van der Waals surface area contributed by atoms with Gasteiger partial charge in [-0.3, -0.25) is 14.9 Å². The number of piperazine rings is 1. The molecular formula is C20H21N3O5S. The maximum absolute atomic E-state index is 12.7. The van der Waals surface area contributed by atoms with Crippen LogP contribution in [0.3, 0.4) is 0 Å². The van der Waals surface area contributed by atoms with Crippen molar-refractivity contribution in [1.29, 1.82) is 0 Å². The summed E-state index contributed by atoms with van der Waals surface area (Å²) in [5, 5.41) is 10.7. The fourth-order valence-electron chi connectivity index (χ4n) is 2.99. The third-order valence-electron chi connectivity index (χ3n) is 4.73. The van der Waals surface area contributed by atoms with Crippen LogP contribution in [0.2, 0.25) is 0 Å². The highest BCUT2D eigenvalue weighted by atomic mass is 32.2. The van der Waals surface area contributed by atoms with Crippen molar-refractivity contribution >= 4 is 27.7 Å². The van der Waals surface area contributed by atoms with E-state index < -0.39 is 14.9 Å². The van der Waals surface area contributed by atoms with Gasteiger partial charge in [0.1, 0.15) is 0 Å². The predicted molar refractivity (Wildman–Crippen MR) is 109 cm³/mol. The molecular weight excluding hydrogens is 394 g/mol. The molecule has 0 bridgehead atoms. The number of hydrogen-bond donors (Lipinski definition) is 0. The van der Waals surface area contributed by atoms with Crippen LogP contribution in [0, 0.1) is 17.0 Å². The zero-order chi connectivity index (χ0) is 21.0. The molecule has 29 heavy (non-hydrogen) atoms. The lowest BCUT2D eigenvalue weighted by Gasteiger charge is -2.33. The van der Waals surface area contributed by atoms with Gasteiger partial charge in [0.25, 0.3) is 5.69 Å². The van der Waals surface area contributed by atoms with Crippen molar-refractivity contribution in [3.8, 4) is 0 Å². The molecule has 2 aromatic rings. The number of benzene rings is 2. The number of hydrogen-bond acceptors (Lipinski definition) is 5. The molecule has 0 saturated carbocycles. The van der Waals surface area contributed by atoms with Gasteiger partial charge in [0.15, 0.2) is 0 Å². The first-order valence-corrected chi connectivity index (χ1v) is 10.5. The smallest absolute Gasteiger partial charge is 0.269 e. The molecule has 0 unspecified atom stereocenters. The number of nitrogens with zero attached hydrogens (tertiary/aromatic N) is 3. The summed E-state index contributed by atoms with van der Waals surface area (Å²) >= 11 is 0. The van der Waals surface area contributed by atoms with Crippen LogP contribution < -0.4 is 0 Å². The number of non-ortho nitro benzene ring substituents is 1. The Morgan fingerprint density at radius 1 is 1.00 bits per heavy atom. The molecule has 8 nitrogen and oxygen atoms in total. The molecule has 1 aliphatic rings. The second-order valence-electron chi connectivity index (χ2n) is 6.72. The Labute approximate surface area is 169 Å². The number of aryl methyl sites for hydroxylation is 1. The van der Waals surface area contributed by atoms with E-state index in [-0.39, 0.29) is 42.7 Å². The van der Waals surface area contributed by atoms with E-state index in [0.717, 1.165) is 11.1 Å². The van der Waals surface area contributed by atoms with E-state index in [0.29, 0.717) is 0 Å². The highest BCUT2D eigenvalue weighted by molar-refractivity contribution is 7.89. The fraction of sp³-hybridized carbons (Fsp3) is 0.250. The largest absolute Gasteiger partial charge is 0.337 e. The van der Waals surface area contributed by atoms with Crippen molar-refractivity contribution < 1.29 is 18.1 Å². The van der Waals surface area contributed by atoms with Gasteiger partial charge in [-0.1, -0.05) is 29.8 Å². The molecule has 1 aliphatic heterocycles. The summed E-state index contributed by atoms with van der Waals surface area (Å²) in [6.45, 7) is 2.89. The third-order valence-corrected chi connectivity index (χ3v) is 6.64. The number of nitro benzene ring substituents is 1. The van der Waals surface area contributed by atoms with Crippen molar-refractivity contribution in [1.82, 2.24) is 9.21 Å². The summed E-state index contributed by atoms with van der Waals surface area (Å²) in [6.07, 6.45) is 3.23. The van der Waals surface area contributed by atoms with E-state index in [4.69, 9.17) is 0 Å². The van der Waals surface area contributed by atoms with Crippen LogP contribution in [0.4, 0.5) is 5.69 Å². The summed E-state index contributed by atoms with van der Waals surface area (Å²) in [4.78, 5) is 24.1.